The smallest absolute Gasteiger partial charge is 0.144 e. The summed E-state index contributed by atoms with van der Waals surface area (Å²) in [5.41, 5.74) is 4.86. The van der Waals surface area contributed by atoms with Gasteiger partial charge in [-0.25, -0.2) is 4.98 Å². The van der Waals surface area contributed by atoms with Gasteiger partial charge in [0.1, 0.15) is 5.82 Å². The number of hydrogen-bond donors (Lipinski definition) is 2. The summed E-state index contributed by atoms with van der Waals surface area (Å²) in [6, 6.07) is 8.49. The van der Waals surface area contributed by atoms with E-state index in [4.69, 9.17) is 0 Å². The SMILES string of the molecule is Cc1cnc(Nc2ccc3c(c2)CCCN3)c(Br)c1. The van der Waals surface area contributed by atoms with Gasteiger partial charge in [0, 0.05) is 24.1 Å². The molecule has 0 fully saturated rings. The van der Waals surface area contributed by atoms with Gasteiger partial charge in [-0.15, -0.1) is 0 Å². The van der Waals surface area contributed by atoms with E-state index in [1.807, 2.05) is 13.1 Å². The van der Waals surface area contributed by atoms with Gasteiger partial charge in [0.05, 0.1) is 4.47 Å². The van der Waals surface area contributed by atoms with E-state index in [0.29, 0.717) is 0 Å². The number of hydrogen-bond acceptors (Lipinski definition) is 3. The van der Waals surface area contributed by atoms with Crippen molar-refractivity contribution >= 4 is 33.1 Å². The van der Waals surface area contributed by atoms with Crippen molar-refractivity contribution < 1.29 is 0 Å². The van der Waals surface area contributed by atoms with Crippen LogP contribution in [0.15, 0.2) is 34.9 Å². The molecule has 3 rings (SSSR count). The van der Waals surface area contributed by atoms with Gasteiger partial charge in [-0.1, -0.05) is 0 Å². The number of pyridine rings is 1. The van der Waals surface area contributed by atoms with Crippen LogP contribution >= 0.6 is 15.9 Å². The summed E-state index contributed by atoms with van der Waals surface area (Å²) in [5, 5.41) is 6.78. The summed E-state index contributed by atoms with van der Waals surface area (Å²) in [4.78, 5) is 4.41. The second-order valence-corrected chi connectivity index (χ2v) is 5.72. The molecule has 4 heteroatoms. The molecule has 1 aromatic heterocycles. The van der Waals surface area contributed by atoms with Crippen LogP contribution in [0.25, 0.3) is 0 Å². The van der Waals surface area contributed by atoms with E-state index in [1.54, 1.807) is 0 Å². The highest BCUT2D eigenvalue weighted by molar-refractivity contribution is 9.10. The maximum absolute atomic E-state index is 4.41. The molecule has 0 spiro atoms. The number of halogens is 1. The highest BCUT2D eigenvalue weighted by Crippen LogP contribution is 2.29. The Balaban J connectivity index is 1.87. The van der Waals surface area contributed by atoms with Crippen LogP contribution in [0.5, 0.6) is 0 Å². The summed E-state index contributed by atoms with van der Waals surface area (Å²) in [5.74, 6) is 0.856. The molecule has 0 saturated heterocycles. The molecule has 0 aliphatic carbocycles. The Morgan fingerprint density at radius 3 is 3.05 bits per heavy atom. The molecule has 3 nitrogen and oxygen atoms in total. The molecule has 0 unspecified atom stereocenters. The zero-order valence-electron chi connectivity index (χ0n) is 10.8. The van der Waals surface area contributed by atoms with Gasteiger partial charge in [0.2, 0.25) is 0 Å². The Morgan fingerprint density at radius 2 is 2.21 bits per heavy atom. The van der Waals surface area contributed by atoms with E-state index in [1.165, 1.54) is 17.7 Å². The first-order chi connectivity index (χ1) is 9.22. The van der Waals surface area contributed by atoms with Gasteiger partial charge in [-0.05, 0) is 71.1 Å². The average Bonchev–Trinajstić information content (AvgIpc) is 2.42. The number of anilines is 3. The minimum absolute atomic E-state index is 0.856. The van der Waals surface area contributed by atoms with Gasteiger partial charge in [0.25, 0.3) is 0 Å². The van der Waals surface area contributed by atoms with Crippen molar-refractivity contribution in [3.8, 4) is 0 Å². The summed E-state index contributed by atoms with van der Waals surface area (Å²) in [7, 11) is 0. The Hall–Kier alpha value is -1.55. The van der Waals surface area contributed by atoms with Gasteiger partial charge < -0.3 is 10.6 Å². The summed E-state index contributed by atoms with van der Waals surface area (Å²) >= 11 is 3.54. The van der Waals surface area contributed by atoms with Gasteiger partial charge in [-0.3, -0.25) is 0 Å². The quantitative estimate of drug-likeness (QED) is 0.869. The van der Waals surface area contributed by atoms with Gasteiger partial charge in [-0.2, -0.15) is 0 Å². The minimum atomic E-state index is 0.856. The molecule has 0 saturated carbocycles. The standard InChI is InChI=1S/C15H16BrN3/c1-10-7-13(16)15(18-9-10)19-12-4-5-14-11(8-12)3-2-6-17-14/h4-5,7-9,17H,2-3,6H2,1H3,(H,18,19). The fraction of sp³-hybridized carbons (Fsp3) is 0.267. The van der Waals surface area contributed by atoms with E-state index in [2.05, 4.69) is 55.8 Å². The summed E-state index contributed by atoms with van der Waals surface area (Å²) in [6.45, 7) is 3.11. The average molecular weight is 318 g/mol. The van der Waals surface area contributed by atoms with E-state index in [0.717, 1.165) is 34.5 Å². The number of aromatic nitrogens is 1. The first-order valence-electron chi connectivity index (χ1n) is 6.48. The molecule has 2 N–H and O–H groups in total. The van der Waals surface area contributed by atoms with Crippen LogP contribution in [-0.4, -0.2) is 11.5 Å². The Labute approximate surface area is 121 Å². The number of rotatable bonds is 2. The van der Waals surface area contributed by atoms with Crippen LogP contribution < -0.4 is 10.6 Å². The molecular formula is C15H16BrN3. The lowest BCUT2D eigenvalue weighted by Crippen LogP contribution is -2.11. The van der Waals surface area contributed by atoms with Gasteiger partial charge >= 0.3 is 0 Å². The van der Waals surface area contributed by atoms with E-state index in [9.17, 15) is 0 Å². The van der Waals surface area contributed by atoms with Crippen LogP contribution in [0, 0.1) is 6.92 Å². The van der Waals surface area contributed by atoms with E-state index >= 15 is 0 Å². The molecule has 2 heterocycles. The number of aryl methyl sites for hydroxylation is 2. The summed E-state index contributed by atoms with van der Waals surface area (Å²) < 4.78 is 0.989. The zero-order valence-corrected chi connectivity index (χ0v) is 12.4. The second kappa shape index (κ2) is 5.21. The molecule has 0 atom stereocenters. The Kier molecular flexibility index (Phi) is 3.42. The summed E-state index contributed by atoms with van der Waals surface area (Å²) in [6.07, 6.45) is 4.20. The van der Waals surface area contributed by atoms with E-state index in [-0.39, 0.29) is 0 Å². The lowest BCUT2D eigenvalue weighted by atomic mass is 10.0. The molecule has 98 valence electrons. The molecule has 1 aromatic carbocycles. The van der Waals surface area contributed by atoms with Crippen LogP contribution in [-0.2, 0) is 6.42 Å². The highest BCUT2D eigenvalue weighted by atomic mass is 79.9. The van der Waals surface area contributed by atoms with Crippen molar-refractivity contribution in [1.29, 1.82) is 0 Å². The lowest BCUT2D eigenvalue weighted by molar-refractivity contribution is 0.830. The molecule has 0 radical (unpaired) electrons. The Morgan fingerprint density at radius 1 is 1.32 bits per heavy atom. The largest absolute Gasteiger partial charge is 0.385 e. The van der Waals surface area contributed by atoms with E-state index < -0.39 is 0 Å². The number of fused-ring (bicyclic) bond motifs is 1. The topological polar surface area (TPSA) is 37.0 Å². The van der Waals surface area contributed by atoms with Crippen LogP contribution in [0.1, 0.15) is 17.5 Å². The molecule has 0 amide bonds. The fourth-order valence-electron chi connectivity index (χ4n) is 2.31. The van der Waals surface area contributed by atoms with Crippen molar-refractivity contribution in [2.75, 3.05) is 17.2 Å². The monoisotopic (exact) mass is 317 g/mol. The van der Waals surface area contributed by atoms with Crippen molar-refractivity contribution in [1.82, 2.24) is 4.98 Å². The third-order valence-corrected chi connectivity index (χ3v) is 3.89. The minimum Gasteiger partial charge on any atom is -0.385 e. The third kappa shape index (κ3) is 2.73. The zero-order chi connectivity index (χ0) is 13.2. The molecule has 2 aromatic rings. The second-order valence-electron chi connectivity index (χ2n) is 4.87. The van der Waals surface area contributed by atoms with Crippen molar-refractivity contribution in [3.05, 3.63) is 46.1 Å². The normalized spacial score (nSPS) is 13.6. The van der Waals surface area contributed by atoms with Crippen LogP contribution in [0.3, 0.4) is 0 Å². The van der Waals surface area contributed by atoms with Crippen molar-refractivity contribution in [2.45, 2.75) is 19.8 Å². The first kappa shape index (κ1) is 12.5. The molecule has 1 aliphatic rings. The number of nitrogens with one attached hydrogen (secondary N) is 2. The highest BCUT2D eigenvalue weighted by Gasteiger charge is 2.09. The number of benzene rings is 1. The Bertz CT molecular complexity index is 610. The predicted octanol–water partition coefficient (Wildman–Crippen LogP) is 4.25. The van der Waals surface area contributed by atoms with Crippen molar-refractivity contribution in [3.63, 3.8) is 0 Å². The number of nitrogens with zero attached hydrogens (tertiary/aromatic N) is 1. The third-order valence-electron chi connectivity index (χ3n) is 3.28. The molecule has 0 bridgehead atoms. The fourth-order valence-corrected chi connectivity index (χ4v) is 2.88. The van der Waals surface area contributed by atoms with Crippen molar-refractivity contribution in [2.24, 2.45) is 0 Å². The first-order valence-corrected chi connectivity index (χ1v) is 7.27. The van der Waals surface area contributed by atoms with Crippen LogP contribution in [0.2, 0.25) is 0 Å². The predicted molar refractivity (Wildman–Crippen MR) is 83.2 cm³/mol. The molecule has 19 heavy (non-hydrogen) atoms. The van der Waals surface area contributed by atoms with Gasteiger partial charge in [0.15, 0.2) is 0 Å². The lowest BCUT2D eigenvalue weighted by Gasteiger charge is -2.19. The molecular weight excluding hydrogens is 302 g/mol. The van der Waals surface area contributed by atoms with Crippen LogP contribution in [0.4, 0.5) is 17.2 Å². The maximum Gasteiger partial charge on any atom is 0.144 e. The maximum atomic E-state index is 4.41. The molecule has 1 aliphatic heterocycles.